The van der Waals surface area contributed by atoms with Crippen molar-refractivity contribution in [3.05, 3.63) is 11.6 Å². The van der Waals surface area contributed by atoms with E-state index in [1.54, 1.807) is 5.57 Å². The Morgan fingerprint density at radius 1 is 1.25 bits per heavy atom. The molecule has 1 aliphatic carbocycles. The maximum absolute atomic E-state index is 6.65. The first kappa shape index (κ1) is 10.8. The topological polar surface area (TPSA) is 9.23 Å². The highest BCUT2D eigenvalue weighted by molar-refractivity contribution is 5.37. The smallest absolute Gasteiger partial charge is 0.0932 e. The Hall–Kier alpha value is -0.300. The van der Waals surface area contributed by atoms with Crippen LogP contribution in [0, 0.1) is 17.8 Å². The van der Waals surface area contributed by atoms with E-state index in [-0.39, 0.29) is 11.2 Å². The average molecular weight is 220 g/mol. The molecule has 2 aliphatic heterocycles. The number of ether oxygens (including phenoxy) is 1. The van der Waals surface area contributed by atoms with Crippen molar-refractivity contribution in [1.29, 1.82) is 0 Å². The molecule has 2 bridgehead atoms. The molecule has 90 valence electrons. The van der Waals surface area contributed by atoms with Crippen molar-refractivity contribution in [3.63, 3.8) is 0 Å². The Morgan fingerprint density at radius 3 is 2.69 bits per heavy atom. The lowest BCUT2D eigenvalue weighted by atomic mass is 9.78. The van der Waals surface area contributed by atoms with E-state index in [0.29, 0.717) is 5.92 Å². The standard InChI is InChI=1S/C15H24O/c1-10(2)14-7-6-12(4)15(16-14)8-5-11(3)13(15)9-14/h9-12H,5-8H2,1-4H3/t11-,12-,14+,15-/m1/s1. The molecule has 0 aromatic carbocycles. The highest BCUT2D eigenvalue weighted by Gasteiger charge is 2.60. The van der Waals surface area contributed by atoms with Crippen LogP contribution in [-0.2, 0) is 4.74 Å². The van der Waals surface area contributed by atoms with Crippen LogP contribution in [0.4, 0.5) is 0 Å². The van der Waals surface area contributed by atoms with E-state index in [1.165, 1.54) is 25.7 Å². The molecular weight excluding hydrogens is 196 g/mol. The van der Waals surface area contributed by atoms with Crippen LogP contribution in [0.2, 0.25) is 0 Å². The van der Waals surface area contributed by atoms with Crippen LogP contribution in [0.3, 0.4) is 0 Å². The first-order valence-electron chi connectivity index (χ1n) is 6.93. The van der Waals surface area contributed by atoms with Gasteiger partial charge < -0.3 is 4.74 Å². The van der Waals surface area contributed by atoms with Crippen LogP contribution < -0.4 is 0 Å². The van der Waals surface area contributed by atoms with E-state index >= 15 is 0 Å². The van der Waals surface area contributed by atoms with Crippen LogP contribution >= 0.6 is 0 Å². The fraction of sp³-hybridized carbons (Fsp3) is 0.867. The monoisotopic (exact) mass is 220 g/mol. The molecule has 0 unspecified atom stereocenters. The van der Waals surface area contributed by atoms with Crippen LogP contribution in [0.1, 0.15) is 53.4 Å². The largest absolute Gasteiger partial charge is 0.360 e. The Labute approximate surface area is 99.3 Å². The molecule has 2 fully saturated rings. The van der Waals surface area contributed by atoms with Crippen molar-refractivity contribution in [1.82, 2.24) is 0 Å². The summed E-state index contributed by atoms with van der Waals surface area (Å²) in [5.41, 5.74) is 1.87. The lowest BCUT2D eigenvalue weighted by Gasteiger charge is -2.46. The van der Waals surface area contributed by atoms with Gasteiger partial charge in [0.15, 0.2) is 0 Å². The van der Waals surface area contributed by atoms with Gasteiger partial charge in [-0.05, 0) is 49.0 Å². The molecule has 0 aromatic rings. The summed E-state index contributed by atoms with van der Waals surface area (Å²) >= 11 is 0. The highest BCUT2D eigenvalue weighted by Crippen LogP contribution is 2.60. The zero-order valence-corrected chi connectivity index (χ0v) is 11.0. The third kappa shape index (κ3) is 1.11. The number of rotatable bonds is 1. The van der Waals surface area contributed by atoms with Gasteiger partial charge in [0.05, 0.1) is 11.2 Å². The molecule has 2 heterocycles. The summed E-state index contributed by atoms with van der Waals surface area (Å²) in [6, 6.07) is 0. The quantitative estimate of drug-likeness (QED) is 0.608. The van der Waals surface area contributed by atoms with E-state index in [4.69, 9.17) is 4.74 Å². The molecule has 1 heteroatoms. The van der Waals surface area contributed by atoms with Gasteiger partial charge in [0.25, 0.3) is 0 Å². The Kier molecular flexibility index (Phi) is 2.12. The van der Waals surface area contributed by atoms with Crippen LogP contribution in [0.25, 0.3) is 0 Å². The van der Waals surface area contributed by atoms with Crippen molar-refractivity contribution >= 4 is 0 Å². The van der Waals surface area contributed by atoms with Crippen molar-refractivity contribution < 1.29 is 4.74 Å². The molecule has 1 saturated carbocycles. The number of hydrogen-bond donors (Lipinski definition) is 0. The van der Waals surface area contributed by atoms with Crippen molar-refractivity contribution in [2.24, 2.45) is 17.8 Å². The summed E-state index contributed by atoms with van der Waals surface area (Å²) in [6.45, 7) is 9.39. The fourth-order valence-electron chi connectivity index (χ4n) is 4.16. The molecule has 3 aliphatic rings. The maximum Gasteiger partial charge on any atom is 0.0932 e. The molecule has 3 rings (SSSR count). The minimum atomic E-state index is 0.0799. The van der Waals surface area contributed by atoms with E-state index in [9.17, 15) is 0 Å². The maximum atomic E-state index is 6.65. The van der Waals surface area contributed by atoms with Crippen molar-refractivity contribution in [3.8, 4) is 0 Å². The van der Waals surface area contributed by atoms with Gasteiger partial charge in [-0.15, -0.1) is 0 Å². The molecule has 1 nitrogen and oxygen atoms in total. The molecule has 0 radical (unpaired) electrons. The zero-order valence-electron chi connectivity index (χ0n) is 11.0. The van der Waals surface area contributed by atoms with Gasteiger partial charge in [-0.2, -0.15) is 0 Å². The average Bonchev–Trinajstić information content (AvgIpc) is 2.69. The molecule has 0 N–H and O–H groups in total. The zero-order chi connectivity index (χ0) is 11.6. The second-order valence-corrected chi connectivity index (χ2v) is 6.58. The van der Waals surface area contributed by atoms with Gasteiger partial charge in [-0.25, -0.2) is 0 Å². The summed E-state index contributed by atoms with van der Waals surface area (Å²) in [6.07, 6.45) is 7.67. The number of fused-ring (bicyclic) bond motifs is 1. The predicted octanol–water partition coefficient (Wildman–Crippen LogP) is 3.94. The lowest BCUT2D eigenvalue weighted by Crippen LogP contribution is -2.48. The third-order valence-corrected chi connectivity index (χ3v) is 5.48. The Bertz CT molecular complexity index is 343. The van der Waals surface area contributed by atoms with Gasteiger partial charge in [-0.1, -0.05) is 33.8 Å². The van der Waals surface area contributed by atoms with Gasteiger partial charge in [-0.3, -0.25) is 0 Å². The normalized spacial score (nSPS) is 50.7. The molecule has 4 atom stereocenters. The summed E-state index contributed by atoms with van der Waals surface area (Å²) in [5, 5.41) is 0. The fourth-order valence-corrected chi connectivity index (χ4v) is 4.16. The van der Waals surface area contributed by atoms with Gasteiger partial charge >= 0.3 is 0 Å². The van der Waals surface area contributed by atoms with Crippen LogP contribution in [0.15, 0.2) is 11.6 Å². The van der Waals surface area contributed by atoms with E-state index in [0.717, 1.165) is 11.8 Å². The molecule has 0 amide bonds. The van der Waals surface area contributed by atoms with Crippen molar-refractivity contribution in [2.45, 2.75) is 64.6 Å². The minimum absolute atomic E-state index is 0.0799. The van der Waals surface area contributed by atoms with Gasteiger partial charge in [0.1, 0.15) is 0 Å². The molecule has 16 heavy (non-hydrogen) atoms. The molecule has 0 aromatic heterocycles. The summed E-state index contributed by atoms with van der Waals surface area (Å²) < 4.78 is 6.65. The van der Waals surface area contributed by atoms with Crippen LogP contribution in [0.5, 0.6) is 0 Å². The van der Waals surface area contributed by atoms with Gasteiger partial charge in [0.2, 0.25) is 0 Å². The highest BCUT2D eigenvalue weighted by atomic mass is 16.5. The lowest BCUT2D eigenvalue weighted by molar-refractivity contribution is -0.170. The van der Waals surface area contributed by atoms with Crippen molar-refractivity contribution in [2.75, 3.05) is 0 Å². The first-order chi connectivity index (χ1) is 7.50. The predicted molar refractivity (Wildman–Crippen MR) is 66.3 cm³/mol. The first-order valence-corrected chi connectivity index (χ1v) is 6.93. The second-order valence-electron chi connectivity index (χ2n) is 6.58. The van der Waals surface area contributed by atoms with E-state index in [1.807, 2.05) is 0 Å². The minimum Gasteiger partial charge on any atom is -0.360 e. The number of hydrogen-bond acceptors (Lipinski definition) is 1. The SMILES string of the molecule is CC(C)[C@]12C=C3[C@H](C)CC[C@@]3(O1)[C@H](C)CC2. The second kappa shape index (κ2) is 3.13. The van der Waals surface area contributed by atoms with E-state index in [2.05, 4.69) is 33.8 Å². The third-order valence-electron chi connectivity index (χ3n) is 5.48. The molecular formula is C15H24O. The van der Waals surface area contributed by atoms with Crippen LogP contribution in [-0.4, -0.2) is 11.2 Å². The molecule has 1 saturated heterocycles. The Balaban J connectivity index is 2.07. The van der Waals surface area contributed by atoms with E-state index < -0.39 is 0 Å². The Morgan fingerprint density at radius 2 is 2.00 bits per heavy atom. The molecule has 1 spiro atoms. The summed E-state index contributed by atoms with van der Waals surface area (Å²) in [4.78, 5) is 0. The summed E-state index contributed by atoms with van der Waals surface area (Å²) in [5.74, 6) is 2.08. The van der Waals surface area contributed by atoms with Gasteiger partial charge in [0, 0.05) is 0 Å². The summed E-state index contributed by atoms with van der Waals surface area (Å²) in [7, 11) is 0.